The standard InChI is InChI=1S/C18H30N2O/c1-4-5-11-20(16-9-10-16)18(13-19)15-7-6-8-17(12-15)21-14(2)3/h6-8,12,14,16,18H,4-5,9-11,13,19H2,1-3H3. The molecule has 2 N–H and O–H groups in total. The van der Waals surface area contributed by atoms with Crippen molar-refractivity contribution in [3.05, 3.63) is 29.8 Å². The number of nitrogens with two attached hydrogens (primary N) is 1. The lowest BCUT2D eigenvalue weighted by Crippen LogP contribution is -2.36. The third-order valence-corrected chi connectivity index (χ3v) is 4.02. The molecule has 0 saturated heterocycles. The van der Waals surface area contributed by atoms with E-state index in [0.29, 0.717) is 12.6 Å². The first-order valence-electron chi connectivity index (χ1n) is 8.38. The molecular formula is C18H30N2O. The van der Waals surface area contributed by atoms with E-state index in [2.05, 4.69) is 43.9 Å². The number of hydrogen-bond donors (Lipinski definition) is 1. The maximum Gasteiger partial charge on any atom is 0.120 e. The van der Waals surface area contributed by atoms with Crippen LogP contribution in [0.2, 0.25) is 0 Å². The van der Waals surface area contributed by atoms with Gasteiger partial charge in [-0.25, -0.2) is 0 Å². The Kier molecular flexibility index (Phi) is 6.07. The predicted molar refractivity (Wildman–Crippen MR) is 88.6 cm³/mol. The third kappa shape index (κ3) is 4.72. The van der Waals surface area contributed by atoms with Crippen LogP contribution in [0.1, 0.15) is 58.1 Å². The molecule has 3 heteroatoms. The van der Waals surface area contributed by atoms with Crippen LogP contribution in [0.3, 0.4) is 0 Å². The Balaban J connectivity index is 2.14. The molecule has 3 nitrogen and oxygen atoms in total. The zero-order valence-electron chi connectivity index (χ0n) is 13.7. The van der Waals surface area contributed by atoms with Crippen LogP contribution in [-0.2, 0) is 0 Å². The molecule has 1 atom stereocenters. The molecule has 2 rings (SSSR count). The summed E-state index contributed by atoms with van der Waals surface area (Å²) < 4.78 is 5.83. The average molecular weight is 290 g/mol. The molecule has 0 spiro atoms. The minimum atomic E-state index is 0.205. The summed E-state index contributed by atoms with van der Waals surface area (Å²) in [6, 6.07) is 9.52. The number of rotatable bonds is 9. The summed E-state index contributed by atoms with van der Waals surface area (Å²) in [7, 11) is 0. The van der Waals surface area contributed by atoms with Gasteiger partial charge in [-0.05, 0) is 57.4 Å². The molecule has 118 valence electrons. The summed E-state index contributed by atoms with van der Waals surface area (Å²) in [6.45, 7) is 8.19. The van der Waals surface area contributed by atoms with Crippen molar-refractivity contribution in [2.75, 3.05) is 13.1 Å². The van der Waals surface area contributed by atoms with E-state index in [4.69, 9.17) is 10.5 Å². The Bertz CT molecular complexity index is 429. The van der Waals surface area contributed by atoms with Crippen LogP contribution < -0.4 is 10.5 Å². The molecule has 1 fully saturated rings. The first-order valence-corrected chi connectivity index (χ1v) is 8.38. The van der Waals surface area contributed by atoms with Gasteiger partial charge in [-0.15, -0.1) is 0 Å². The van der Waals surface area contributed by atoms with E-state index in [1.165, 1.54) is 31.2 Å². The largest absolute Gasteiger partial charge is 0.491 e. The molecule has 0 amide bonds. The molecule has 1 unspecified atom stereocenters. The summed E-state index contributed by atoms with van der Waals surface area (Å²) in [4.78, 5) is 2.61. The van der Waals surface area contributed by atoms with Gasteiger partial charge in [0, 0.05) is 18.6 Å². The lowest BCUT2D eigenvalue weighted by molar-refractivity contribution is 0.187. The third-order valence-electron chi connectivity index (χ3n) is 4.02. The Morgan fingerprint density at radius 3 is 2.67 bits per heavy atom. The molecule has 1 saturated carbocycles. The van der Waals surface area contributed by atoms with Crippen LogP contribution in [0.15, 0.2) is 24.3 Å². The molecule has 0 aliphatic heterocycles. The molecule has 0 aromatic heterocycles. The lowest BCUT2D eigenvalue weighted by Gasteiger charge is -2.31. The minimum absolute atomic E-state index is 0.205. The smallest absolute Gasteiger partial charge is 0.120 e. The summed E-state index contributed by atoms with van der Waals surface area (Å²) in [5.41, 5.74) is 7.40. The van der Waals surface area contributed by atoms with E-state index in [1.54, 1.807) is 0 Å². The van der Waals surface area contributed by atoms with Gasteiger partial charge in [-0.2, -0.15) is 0 Å². The molecule has 1 aliphatic rings. The summed E-state index contributed by atoms with van der Waals surface area (Å²) in [5, 5.41) is 0. The van der Waals surface area contributed by atoms with E-state index in [1.807, 2.05) is 6.07 Å². The van der Waals surface area contributed by atoms with Gasteiger partial charge >= 0.3 is 0 Å². The Hall–Kier alpha value is -1.06. The van der Waals surface area contributed by atoms with E-state index in [0.717, 1.165) is 18.3 Å². The van der Waals surface area contributed by atoms with Crippen molar-refractivity contribution in [3.8, 4) is 5.75 Å². The average Bonchev–Trinajstić information content (AvgIpc) is 3.27. The van der Waals surface area contributed by atoms with Gasteiger partial charge in [0.25, 0.3) is 0 Å². The lowest BCUT2D eigenvalue weighted by atomic mass is 10.0. The zero-order valence-corrected chi connectivity index (χ0v) is 13.7. The number of hydrogen-bond acceptors (Lipinski definition) is 3. The van der Waals surface area contributed by atoms with Crippen LogP contribution in [-0.4, -0.2) is 30.1 Å². The van der Waals surface area contributed by atoms with Crippen LogP contribution in [0.4, 0.5) is 0 Å². The SMILES string of the molecule is CCCCN(C1CC1)C(CN)c1cccc(OC(C)C)c1. The van der Waals surface area contributed by atoms with Gasteiger partial charge < -0.3 is 10.5 Å². The van der Waals surface area contributed by atoms with Crippen molar-refractivity contribution >= 4 is 0 Å². The number of benzene rings is 1. The van der Waals surface area contributed by atoms with Gasteiger partial charge in [-0.1, -0.05) is 25.5 Å². The molecule has 21 heavy (non-hydrogen) atoms. The highest BCUT2D eigenvalue weighted by atomic mass is 16.5. The van der Waals surface area contributed by atoms with Crippen molar-refractivity contribution in [2.45, 2.75) is 64.6 Å². The second kappa shape index (κ2) is 7.81. The minimum Gasteiger partial charge on any atom is -0.491 e. The fourth-order valence-corrected chi connectivity index (χ4v) is 2.87. The highest BCUT2D eigenvalue weighted by Crippen LogP contribution is 2.35. The van der Waals surface area contributed by atoms with Gasteiger partial charge in [0.15, 0.2) is 0 Å². The number of nitrogens with zero attached hydrogens (tertiary/aromatic N) is 1. The van der Waals surface area contributed by atoms with Crippen LogP contribution in [0.5, 0.6) is 5.75 Å². The van der Waals surface area contributed by atoms with Crippen LogP contribution in [0, 0.1) is 0 Å². The predicted octanol–water partition coefficient (Wildman–Crippen LogP) is 3.74. The first kappa shape index (κ1) is 16.3. The van der Waals surface area contributed by atoms with Crippen LogP contribution in [0.25, 0.3) is 0 Å². The zero-order chi connectivity index (χ0) is 15.2. The van der Waals surface area contributed by atoms with Crippen LogP contribution >= 0.6 is 0 Å². The molecule has 1 aromatic carbocycles. The maximum atomic E-state index is 6.11. The van der Waals surface area contributed by atoms with E-state index in [9.17, 15) is 0 Å². The summed E-state index contributed by atoms with van der Waals surface area (Å²) >= 11 is 0. The summed E-state index contributed by atoms with van der Waals surface area (Å²) in [6.07, 6.45) is 5.33. The Morgan fingerprint density at radius 1 is 1.33 bits per heavy atom. The van der Waals surface area contributed by atoms with Crippen molar-refractivity contribution < 1.29 is 4.74 Å². The van der Waals surface area contributed by atoms with Crippen molar-refractivity contribution in [1.29, 1.82) is 0 Å². The molecule has 0 bridgehead atoms. The Morgan fingerprint density at radius 2 is 2.10 bits per heavy atom. The van der Waals surface area contributed by atoms with Gasteiger partial charge in [0.2, 0.25) is 0 Å². The first-order chi connectivity index (χ1) is 10.2. The second-order valence-electron chi connectivity index (χ2n) is 6.31. The normalized spacial score (nSPS) is 16.5. The van der Waals surface area contributed by atoms with Crippen molar-refractivity contribution in [3.63, 3.8) is 0 Å². The van der Waals surface area contributed by atoms with E-state index >= 15 is 0 Å². The molecule has 0 heterocycles. The quantitative estimate of drug-likeness (QED) is 0.753. The second-order valence-corrected chi connectivity index (χ2v) is 6.31. The Labute approximate surface area is 129 Å². The summed E-state index contributed by atoms with van der Waals surface area (Å²) in [5.74, 6) is 0.951. The van der Waals surface area contributed by atoms with Crippen molar-refractivity contribution in [1.82, 2.24) is 4.90 Å². The molecule has 0 radical (unpaired) electrons. The van der Waals surface area contributed by atoms with Crippen molar-refractivity contribution in [2.24, 2.45) is 5.73 Å². The monoisotopic (exact) mass is 290 g/mol. The maximum absolute atomic E-state index is 6.11. The van der Waals surface area contributed by atoms with E-state index < -0.39 is 0 Å². The highest BCUT2D eigenvalue weighted by molar-refractivity contribution is 5.31. The van der Waals surface area contributed by atoms with Gasteiger partial charge in [0.1, 0.15) is 5.75 Å². The fourth-order valence-electron chi connectivity index (χ4n) is 2.87. The van der Waals surface area contributed by atoms with E-state index in [-0.39, 0.29) is 6.10 Å². The molecular weight excluding hydrogens is 260 g/mol. The number of unbranched alkanes of at least 4 members (excludes halogenated alkanes) is 1. The molecule has 1 aliphatic carbocycles. The highest BCUT2D eigenvalue weighted by Gasteiger charge is 2.33. The fraction of sp³-hybridized carbons (Fsp3) is 0.667. The van der Waals surface area contributed by atoms with Gasteiger partial charge in [0.05, 0.1) is 6.10 Å². The topological polar surface area (TPSA) is 38.5 Å². The number of ether oxygens (including phenoxy) is 1. The van der Waals surface area contributed by atoms with Gasteiger partial charge in [-0.3, -0.25) is 4.90 Å². The molecule has 1 aromatic rings.